The van der Waals surface area contributed by atoms with E-state index in [2.05, 4.69) is 9.88 Å². The number of hydrogen-bond donors (Lipinski definition) is 0. The van der Waals surface area contributed by atoms with E-state index in [4.69, 9.17) is 0 Å². The first-order valence-corrected chi connectivity index (χ1v) is 7.07. The van der Waals surface area contributed by atoms with Gasteiger partial charge in [-0.3, -0.25) is 4.90 Å². The van der Waals surface area contributed by atoms with Gasteiger partial charge in [0, 0.05) is 32.2 Å². The van der Waals surface area contributed by atoms with Crippen LogP contribution in [0.3, 0.4) is 0 Å². The van der Waals surface area contributed by atoms with Gasteiger partial charge in [-0.05, 0) is 25.0 Å². The second kappa shape index (κ2) is 5.24. The predicted octanol–water partition coefficient (Wildman–Crippen LogP) is 2.77. The zero-order valence-corrected chi connectivity index (χ0v) is 11.2. The van der Waals surface area contributed by atoms with Crippen molar-refractivity contribution in [1.29, 1.82) is 0 Å². The lowest BCUT2D eigenvalue weighted by Crippen LogP contribution is -2.52. The van der Waals surface area contributed by atoms with Crippen LogP contribution >= 0.6 is 0 Å². The fraction of sp³-hybridized carbons (Fsp3) is 0.643. The number of anilines is 1. The van der Waals surface area contributed by atoms with E-state index < -0.39 is 11.9 Å². The summed E-state index contributed by atoms with van der Waals surface area (Å²) in [5, 5.41) is 0. The summed E-state index contributed by atoms with van der Waals surface area (Å²) in [4.78, 5) is 8.15. The molecule has 110 valence electrons. The number of piperazine rings is 1. The van der Waals surface area contributed by atoms with Crippen LogP contribution in [0.5, 0.6) is 0 Å². The van der Waals surface area contributed by atoms with E-state index in [0.29, 0.717) is 11.9 Å². The lowest BCUT2D eigenvalue weighted by molar-refractivity contribution is -0.141. The monoisotopic (exact) mass is 285 g/mol. The molecule has 2 aliphatic rings. The predicted molar refractivity (Wildman–Crippen MR) is 70.7 cm³/mol. The van der Waals surface area contributed by atoms with Gasteiger partial charge in [-0.1, -0.05) is 12.5 Å². The van der Waals surface area contributed by atoms with Crippen LogP contribution in [0, 0.1) is 0 Å². The summed E-state index contributed by atoms with van der Waals surface area (Å²) in [5.74, 6) is 0.438. The van der Waals surface area contributed by atoms with E-state index in [1.165, 1.54) is 25.3 Å². The van der Waals surface area contributed by atoms with E-state index in [1.807, 2.05) is 4.90 Å². The van der Waals surface area contributed by atoms with Crippen LogP contribution in [-0.4, -0.2) is 42.1 Å². The maximum atomic E-state index is 12.7. The van der Waals surface area contributed by atoms with Gasteiger partial charge in [0.2, 0.25) is 0 Å². The van der Waals surface area contributed by atoms with Gasteiger partial charge >= 0.3 is 6.18 Å². The van der Waals surface area contributed by atoms with Crippen LogP contribution < -0.4 is 4.90 Å². The van der Waals surface area contributed by atoms with E-state index >= 15 is 0 Å². The molecule has 1 saturated carbocycles. The molecule has 0 aromatic carbocycles. The standard InChI is InChI=1S/C14H18F3N3/c15-14(16,17)12-5-2-6-13(18-12)20-9-7-19(8-10-20)11-3-1-4-11/h2,5-6,11H,1,3-4,7-10H2. The Bertz CT molecular complexity index is 463. The zero-order chi connectivity index (χ0) is 14.2. The highest BCUT2D eigenvalue weighted by atomic mass is 19.4. The molecular weight excluding hydrogens is 267 g/mol. The molecule has 2 fully saturated rings. The van der Waals surface area contributed by atoms with Gasteiger partial charge in [0.15, 0.2) is 0 Å². The molecule has 1 aliphatic heterocycles. The molecule has 0 N–H and O–H groups in total. The summed E-state index contributed by atoms with van der Waals surface area (Å²) < 4.78 is 38.0. The van der Waals surface area contributed by atoms with E-state index in [0.717, 1.165) is 32.2 Å². The molecule has 0 atom stereocenters. The first-order chi connectivity index (χ1) is 9.54. The Kier molecular flexibility index (Phi) is 3.58. The van der Waals surface area contributed by atoms with E-state index in [-0.39, 0.29) is 0 Å². The largest absolute Gasteiger partial charge is 0.433 e. The van der Waals surface area contributed by atoms with Crippen molar-refractivity contribution < 1.29 is 13.2 Å². The molecule has 1 aromatic rings. The minimum atomic E-state index is -4.37. The molecule has 1 aromatic heterocycles. The molecule has 0 amide bonds. The van der Waals surface area contributed by atoms with Crippen molar-refractivity contribution in [2.75, 3.05) is 31.1 Å². The van der Waals surface area contributed by atoms with Crippen molar-refractivity contribution in [3.63, 3.8) is 0 Å². The van der Waals surface area contributed by atoms with Gasteiger partial charge in [0.1, 0.15) is 11.5 Å². The van der Waals surface area contributed by atoms with Crippen molar-refractivity contribution in [2.24, 2.45) is 0 Å². The minimum absolute atomic E-state index is 0.438. The zero-order valence-electron chi connectivity index (χ0n) is 11.2. The van der Waals surface area contributed by atoms with Gasteiger partial charge in [0.05, 0.1) is 0 Å². The molecule has 0 spiro atoms. The first kappa shape index (κ1) is 13.7. The highest BCUT2D eigenvalue weighted by Gasteiger charge is 2.33. The summed E-state index contributed by atoms with van der Waals surface area (Å²) in [7, 11) is 0. The molecule has 2 heterocycles. The molecule has 3 rings (SSSR count). The number of nitrogens with zero attached hydrogens (tertiary/aromatic N) is 3. The lowest BCUT2D eigenvalue weighted by Gasteiger charge is -2.43. The lowest BCUT2D eigenvalue weighted by atomic mass is 9.91. The van der Waals surface area contributed by atoms with Gasteiger partial charge in [-0.25, -0.2) is 4.98 Å². The fourth-order valence-corrected chi connectivity index (χ4v) is 2.83. The van der Waals surface area contributed by atoms with Crippen LogP contribution in [-0.2, 0) is 6.18 Å². The Hall–Kier alpha value is -1.30. The highest BCUT2D eigenvalue weighted by Crippen LogP contribution is 2.30. The minimum Gasteiger partial charge on any atom is -0.354 e. The fourth-order valence-electron chi connectivity index (χ4n) is 2.83. The molecule has 1 aliphatic carbocycles. The van der Waals surface area contributed by atoms with Crippen LogP contribution in [0.15, 0.2) is 18.2 Å². The van der Waals surface area contributed by atoms with Gasteiger partial charge in [0.25, 0.3) is 0 Å². The SMILES string of the molecule is FC(F)(F)c1cccc(N2CCN(C3CCC3)CC2)n1. The summed E-state index contributed by atoms with van der Waals surface area (Å²) in [6.45, 7) is 3.35. The summed E-state index contributed by atoms with van der Waals surface area (Å²) in [6.07, 6.45) is -0.534. The third-order valence-electron chi connectivity index (χ3n) is 4.25. The number of rotatable bonds is 2. The van der Waals surface area contributed by atoms with Crippen molar-refractivity contribution in [3.05, 3.63) is 23.9 Å². The topological polar surface area (TPSA) is 19.4 Å². The van der Waals surface area contributed by atoms with Gasteiger partial charge < -0.3 is 4.90 Å². The Labute approximate surface area is 116 Å². The molecule has 0 unspecified atom stereocenters. The van der Waals surface area contributed by atoms with Crippen LogP contribution in [0.4, 0.5) is 19.0 Å². The van der Waals surface area contributed by atoms with Crippen molar-refractivity contribution >= 4 is 5.82 Å². The van der Waals surface area contributed by atoms with Crippen LogP contribution in [0.1, 0.15) is 25.0 Å². The summed E-state index contributed by atoms with van der Waals surface area (Å²) >= 11 is 0. The summed E-state index contributed by atoms with van der Waals surface area (Å²) in [6, 6.07) is 4.82. The van der Waals surface area contributed by atoms with Crippen molar-refractivity contribution in [2.45, 2.75) is 31.5 Å². The number of pyridine rings is 1. The highest BCUT2D eigenvalue weighted by molar-refractivity contribution is 5.40. The average molecular weight is 285 g/mol. The van der Waals surface area contributed by atoms with Crippen molar-refractivity contribution in [1.82, 2.24) is 9.88 Å². The molecule has 3 nitrogen and oxygen atoms in total. The second-order valence-electron chi connectivity index (χ2n) is 5.49. The number of halogens is 3. The Morgan fingerprint density at radius 2 is 1.75 bits per heavy atom. The summed E-state index contributed by atoms with van der Waals surface area (Å²) in [5.41, 5.74) is -0.809. The maximum Gasteiger partial charge on any atom is 0.433 e. The maximum absolute atomic E-state index is 12.7. The third-order valence-corrected chi connectivity index (χ3v) is 4.25. The molecule has 0 bridgehead atoms. The molecule has 1 saturated heterocycles. The Morgan fingerprint density at radius 1 is 1.05 bits per heavy atom. The Morgan fingerprint density at radius 3 is 2.30 bits per heavy atom. The van der Waals surface area contributed by atoms with E-state index in [1.54, 1.807) is 6.07 Å². The molecule has 0 radical (unpaired) electrons. The number of aromatic nitrogens is 1. The smallest absolute Gasteiger partial charge is 0.354 e. The number of hydrogen-bond acceptors (Lipinski definition) is 3. The van der Waals surface area contributed by atoms with Gasteiger partial charge in [-0.15, -0.1) is 0 Å². The van der Waals surface area contributed by atoms with Crippen LogP contribution in [0.2, 0.25) is 0 Å². The van der Waals surface area contributed by atoms with Gasteiger partial charge in [-0.2, -0.15) is 13.2 Å². The van der Waals surface area contributed by atoms with Crippen LogP contribution in [0.25, 0.3) is 0 Å². The Balaban J connectivity index is 1.65. The van der Waals surface area contributed by atoms with E-state index in [9.17, 15) is 13.2 Å². The average Bonchev–Trinajstić information content (AvgIpc) is 2.37. The second-order valence-corrected chi connectivity index (χ2v) is 5.49. The molecule has 20 heavy (non-hydrogen) atoms. The molecular formula is C14H18F3N3. The number of alkyl halides is 3. The quantitative estimate of drug-likeness (QED) is 0.833. The normalized spacial score (nSPS) is 21.9. The van der Waals surface area contributed by atoms with Crippen molar-refractivity contribution in [3.8, 4) is 0 Å². The third kappa shape index (κ3) is 2.75. The first-order valence-electron chi connectivity index (χ1n) is 7.07. The molecule has 6 heteroatoms.